The molecule has 2 atom stereocenters. The molecule has 1 aliphatic carbocycles. The van der Waals surface area contributed by atoms with E-state index in [-0.39, 0.29) is 17.9 Å². The van der Waals surface area contributed by atoms with Crippen LogP contribution < -0.4 is 5.32 Å². The minimum atomic E-state index is -0.536. The molecule has 3 rings (SSSR count). The number of imide groups is 1. The average molecular weight is 296 g/mol. The summed E-state index contributed by atoms with van der Waals surface area (Å²) in [5.41, 5.74) is 1.75. The Kier molecular flexibility index (Phi) is 3.61. The number of rotatable bonds is 2. The summed E-state index contributed by atoms with van der Waals surface area (Å²) in [5, 5.41) is 3.00. The predicted molar refractivity (Wildman–Crippen MR) is 86.0 cm³/mol. The minimum absolute atomic E-state index is 0.106. The van der Waals surface area contributed by atoms with Crippen LogP contribution in [-0.2, 0) is 4.79 Å². The lowest BCUT2D eigenvalue weighted by molar-refractivity contribution is -0.130. The molecule has 1 unspecified atom stereocenters. The van der Waals surface area contributed by atoms with Crippen LogP contribution in [0.1, 0.15) is 25.3 Å². The van der Waals surface area contributed by atoms with Gasteiger partial charge in [0.2, 0.25) is 5.91 Å². The van der Waals surface area contributed by atoms with Gasteiger partial charge in [0.1, 0.15) is 0 Å². The lowest BCUT2D eigenvalue weighted by Crippen LogP contribution is -2.62. The zero-order valence-electron chi connectivity index (χ0n) is 12.9. The molecule has 0 saturated carbocycles. The van der Waals surface area contributed by atoms with Crippen LogP contribution in [0, 0.1) is 5.92 Å². The smallest absolute Gasteiger partial charge is 0.324 e. The summed E-state index contributed by atoms with van der Waals surface area (Å²) in [5.74, 6) is -0.0234. The first-order valence-corrected chi connectivity index (χ1v) is 7.52. The van der Waals surface area contributed by atoms with Crippen LogP contribution in [0.4, 0.5) is 4.79 Å². The SMILES string of the molecule is CN1C(=O)C[C@@](C)(C2C=C(c3ccccc3)C=CC2)NC1=O. The van der Waals surface area contributed by atoms with Crippen molar-refractivity contribution in [2.24, 2.45) is 5.92 Å². The van der Waals surface area contributed by atoms with Crippen LogP contribution in [0.3, 0.4) is 0 Å². The predicted octanol–water partition coefficient (Wildman–Crippen LogP) is 2.98. The van der Waals surface area contributed by atoms with Crippen LogP contribution in [0.25, 0.3) is 5.57 Å². The lowest BCUT2D eigenvalue weighted by Gasteiger charge is -2.42. The maximum atomic E-state index is 12.0. The summed E-state index contributed by atoms with van der Waals surface area (Å²) in [6.45, 7) is 1.96. The molecule has 114 valence electrons. The number of nitrogens with zero attached hydrogens (tertiary/aromatic N) is 1. The van der Waals surface area contributed by atoms with E-state index in [9.17, 15) is 9.59 Å². The van der Waals surface area contributed by atoms with E-state index in [4.69, 9.17) is 0 Å². The van der Waals surface area contributed by atoms with Crippen LogP contribution in [0.15, 0.2) is 48.6 Å². The summed E-state index contributed by atoms with van der Waals surface area (Å²) >= 11 is 0. The van der Waals surface area contributed by atoms with Crippen LogP contribution >= 0.6 is 0 Å². The molecule has 1 heterocycles. The summed E-state index contributed by atoms with van der Waals surface area (Å²) in [4.78, 5) is 25.2. The van der Waals surface area contributed by atoms with Gasteiger partial charge in [0.15, 0.2) is 0 Å². The second-order valence-electron chi connectivity index (χ2n) is 6.21. The normalized spacial score (nSPS) is 28.4. The number of amides is 3. The van der Waals surface area contributed by atoms with Crippen molar-refractivity contribution >= 4 is 17.5 Å². The summed E-state index contributed by atoms with van der Waals surface area (Å²) in [6, 6.07) is 9.83. The molecular formula is C18H20N2O2. The highest BCUT2D eigenvalue weighted by molar-refractivity contribution is 5.97. The van der Waals surface area contributed by atoms with Gasteiger partial charge in [-0.05, 0) is 24.5 Å². The Morgan fingerprint density at radius 2 is 1.95 bits per heavy atom. The number of carbonyl (C=O) groups excluding carboxylic acids is 2. The molecule has 0 aromatic heterocycles. The second-order valence-corrected chi connectivity index (χ2v) is 6.21. The Balaban J connectivity index is 1.89. The summed E-state index contributed by atoms with van der Waals surface area (Å²) in [6.07, 6.45) is 7.55. The topological polar surface area (TPSA) is 49.4 Å². The molecular weight excluding hydrogens is 276 g/mol. The van der Waals surface area contributed by atoms with Gasteiger partial charge in [-0.3, -0.25) is 9.69 Å². The molecule has 1 aromatic rings. The van der Waals surface area contributed by atoms with Gasteiger partial charge in [0, 0.05) is 13.0 Å². The van der Waals surface area contributed by atoms with Gasteiger partial charge in [-0.25, -0.2) is 4.79 Å². The first-order chi connectivity index (χ1) is 10.5. The summed E-state index contributed by atoms with van der Waals surface area (Å²) < 4.78 is 0. The Labute approximate surface area is 130 Å². The average Bonchev–Trinajstić information content (AvgIpc) is 2.53. The minimum Gasteiger partial charge on any atom is -0.331 e. The second kappa shape index (κ2) is 5.44. The Morgan fingerprint density at radius 1 is 1.23 bits per heavy atom. The van der Waals surface area contributed by atoms with E-state index in [1.54, 1.807) is 0 Å². The molecule has 1 aliphatic heterocycles. The Bertz CT molecular complexity index is 643. The first-order valence-electron chi connectivity index (χ1n) is 7.52. The fourth-order valence-electron chi connectivity index (χ4n) is 3.09. The van der Waals surface area contributed by atoms with Crippen molar-refractivity contribution in [1.82, 2.24) is 10.2 Å². The molecule has 0 bridgehead atoms. The zero-order chi connectivity index (χ0) is 15.7. The van der Waals surface area contributed by atoms with Crippen LogP contribution in [0.2, 0.25) is 0 Å². The molecule has 3 amide bonds. The highest BCUT2D eigenvalue weighted by atomic mass is 16.2. The zero-order valence-corrected chi connectivity index (χ0v) is 12.9. The van der Waals surface area contributed by atoms with Crippen LogP contribution in [-0.4, -0.2) is 29.4 Å². The third-order valence-electron chi connectivity index (χ3n) is 4.58. The maximum absolute atomic E-state index is 12.0. The molecule has 1 saturated heterocycles. The van der Waals surface area contributed by atoms with Gasteiger partial charge in [0.25, 0.3) is 0 Å². The van der Waals surface area contributed by atoms with Crippen molar-refractivity contribution in [3.63, 3.8) is 0 Å². The number of urea groups is 1. The van der Waals surface area contributed by atoms with E-state index >= 15 is 0 Å². The van der Waals surface area contributed by atoms with Crippen molar-refractivity contribution < 1.29 is 9.59 Å². The fourth-order valence-corrected chi connectivity index (χ4v) is 3.09. The van der Waals surface area contributed by atoms with E-state index in [2.05, 4.69) is 35.7 Å². The lowest BCUT2D eigenvalue weighted by atomic mass is 9.76. The molecule has 4 nitrogen and oxygen atoms in total. The van der Waals surface area contributed by atoms with Gasteiger partial charge in [-0.2, -0.15) is 0 Å². The monoisotopic (exact) mass is 296 g/mol. The molecule has 2 aliphatic rings. The van der Waals surface area contributed by atoms with Gasteiger partial charge in [0.05, 0.1) is 12.0 Å². The quantitative estimate of drug-likeness (QED) is 0.912. The molecule has 4 heteroatoms. The third-order valence-corrected chi connectivity index (χ3v) is 4.58. The molecule has 1 fully saturated rings. The Hall–Kier alpha value is -2.36. The summed E-state index contributed by atoms with van der Waals surface area (Å²) in [7, 11) is 1.52. The Morgan fingerprint density at radius 3 is 2.64 bits per heavy atom. The molecule has 1 aromatic carbocycles. The van der Waals surface area contributed by atoms with E-state index in [1.807, 2.05) is 25.1 Å². The van der Waals surface area contributed by atoms with E-state index in [1.165, 1.54) is 7.05 Å². The maximum Gasteiger partial charge on any atom is 0.324 e. The number of allylic oxidation sites excluding steroid dienone is 3. The highest BCUT2D eigenvalue weighted by Gasteiger charge is 2.43. The molecule has 1 N–H and O–H groups in total. The number of benzene rings is 1. The van der Waals surface area contributed by atoms with Crippen molar-refractivity contribution in [3.8, 4) is 0 Å². The van der Waals surface area contributed by atoms with Gasteiger partial charge < -0.3 is 5.32 Å². The molecule has 22 heavy (non-hydrogen) atoms. The first kappa shape index (κ1) is 14.6. The third kappa shape index (κ3) is 2.56. The van der Waals surface area contributed by atoms with E-state index in [0.717, 1.165) is 22.5 Å². The van der Waals surface area contributed by atoms with E-state index < -0.39 is 5.54 Å². The largest absolute Gasteiger partial charge is 0.331 e. The number of nitrogens with one attached hydrogen (secondary N) is 1. The van der Waals surface area contributed by atoms with Gasteiger partial charge >= 0.3 is 6.03 Å². The number of hydrogen-bond donors (Lipinski definition) is 1. The van der Waals surface area contributed by atoms with E-state index in [0.29, 0.717) is 6.42 Å². The number of hydrogen-bond acceptors (Lipinski definition) is 2. The van der Waals surface area contributed by atoms with Crippen LogP contribution in [0.5, 0.6) is 0 Å². The fraction of sp³-hybridized carbons (Fsp3) is 0.333. The van der Waals surface area contributed by atoms with Crippen molar-refractivity contribution in [3.05, 3.63) is 54.1 Å². The standard InChI is InChI=1S/C18H20N2O2/c1-18(12-16(21)20(2)17(22)19-18)15-10-6-9-14(11-15)13-7-4-3-5-8-13/h3-9,11,15H,10,12H2,1-2H3,(H,19,22)/t15?,18-/m0/s1. The molecule has 0 radical (unpaired) electrons. The highest BCUT2D eigenvalue weighted by Crippen LogP contribution is 2.35. The van der Waals surface area contributed by atoms with Gasteiger partial charge in [-0.1, -0.05) is 48.6 Å². The van der Waals surface area contributed by atoms with Crippen molar-refractivity contribution in [2.45, 2.75) is 25.3 Å². The van der Waals surface area contributed by atoms with Gasteiger partial charge in [-0.15, -0.1) is 0 Å². The van der Waals surface area contributed by atoms with Crippen molar-refractivity contribution in [2.75, 3.05) is 7.05 Å². The number of carbonyl (C=O) groups is 2. The molecule has 0 spiro atoms. The van der Waals surface area contributed by atoms with Crippen molar-refractivity contribution in [1.29, 1.82) is 0 Å².